The second-order valence-corrected chi connectivity index (χ2v) is 10.5. The number of carbonyl (C=O) groups is 1. The van der Waals surface area contributed by atoms with Gasteiger partial charge in [0.15, 0.2) is 16.7 Å². The average molecular weight is 494 g/mol. The van der Waals surface area contributed by atoms with E-state index in [1.807, 2.05) is 69.3 Å². The first-order chi connectivity index (χ1) is 16.4. The van der Waals surface area contributed by atoms with Gasteiger partial charge in [-0.1, -0.05) is 36.0 Å². The van der Waals surface area contributed by atoms with Crippen LogP contribution in [0.4, 0.5) is 0 Å². The molecule has 0 saturated heterocycles. The van der Waals surface area contributed by atoms with Gasteiger partial charge in [-0.25, -0.2) is 4.98 Å². The van der Waals surface area contributed by atoms with Crippen molar-refractivity contribution in [1.29, 1.82) is 0 Å². The molecule has 2 aromatic heterocycles. The van der Waals surface area contributed by atoms with E-state index in [4.69, 9.17) is 14.5 Å². The lowest BCUT2D eigenvalue weighted by molar-refractivity contribution is -0.120. The third-order valence-corrected chi connectivity index (χ3v) is 7.90. The number of aryl methyl sites for hydroxylation is 2. The summed E-state index contributed by atoms with van der Waals surface area (Å²) in [6, 6.07) is 15.0. The molecule has 34 heavy (non-hydrogen) atoms. The smallest absolute Gasteiger partial charge is 0.267 e. The molecule has 0 aliphatic carbocycles. The number of benzene rings is 2. The van der Waals surface area contributed by atoms with Crippen LogP contribution in [0.1, 0.15) is 22.9 Å². The van der Waals surface area contributed by atoms with Gasteiger partial charge in [-0.05, 0) is 56.2 Å². The Morgan fingerprint density at radius 1 is 1.18 bits per heavy atom. The fourth-order valence-corrected chi connectivity index (χ4v) is 5.78. The normalized spacial score (nSPS) is 13.3. The molecule has 174 valence electrons. The van der Waals surface area contributed by atoms with Crippen LogP contribution in [0.25, 0.3) is 15.9 Å². The van der Waals surface area contributed by atoms with Gasteiger partial charge in [0.05, 0.1) is 16.3 Å². The molecule has 0 bridgehead atoms. The van der Waals surface area contributed by atoms with Crippen LogP contribution in [-0.2, 0) is 11.3 Å². The van der Waals surface area contributed by atoms with Crippen LogP contribution in [0.2, 0.25) is 0 Å². The van der Waals surface area contributed by atoms with E-state index >= 15 is 0 Å². The third-order valence-electron chi connectivity index (χ3n) is 5.74. The second-order valence-electron chi connectivity index (χ2n) is 8.00. The Morgan fingerprint density at radius 2 is 1.94 bits per heavy atom. The molecular weight excluding hydrogens is 470 g/mol. The molecule has 5 rings (SSSR count). The van der Waals surface area contributed by atoms with Crippen LogP contribution in [0, 0.1) is 13.8 Å². The summed E-state index contributed by atoms with van der Waals surface area (Å²) < 4.78 is 12.3. The molecule has 0 spiro atoms. The van der Waals surface area contributed by atoms with Crippen molar-refractivity contribution in [1.82, 2.24) is 14.9 Å². The Morgan fingerprint density at radius 3 is 2.74 bits per heavy atom. The van der Waals surface area contributed by atoms with Crippen LogP contribution < -0.4 is 20.3 Å². The van der Waals surface area contributed by atoms with Gasteiger partial charge in [-0.3, -0.25) is 14.2 Å². The van der Waals surface area contributed by atoms with Crippen molar-refractivity contribution in [3.8, 4) is 17.2 Å². The van der Waals surface area contributed by atoms with Crippen LogP contribution in [0.5, 0.6) is 11.5 Å². The van der Waals surface area contributed by atoms with E-state index in [1.54, 1.807) is 4.57 Å². The van der Waals surface area contributed by atoms with Gasteiger partial charge in [0.25, 0.3) is 5.56 Å². The second kappa shape index (κ2) is 9.15. The Kier molecular flexibility index (Phi) is 6.05. The summed E-state index contributed by atoms with van der Waals surface area (Å²) >= 11 is 2.78. The minimum absolute atomic E-state index is 0.117. The zero-order chi connectivity index (χ0) is 23.8. The number of carbonyl (C=O) groups excluding carboxylic acids is 1. The Balaban J connectivity index is 1.41. The topological polar surface area (TPSA) is 82.4 Å². The van der Waals surface area contributed by atoms with E-state index in [0.29, 0.717) is 33.4 Å². The Hall–Kier alpha value is -3.30. The van der Waals surface area contributed by atoms with Crippen LogP contribution in [0.3, 0.4) is 0 Å². The van der Waals surface area contributed by atoms with E-state index in [0.717, 1.165) is 21.7 Å². The SMILES string of the molecule is Cc1sc2nc(S[C@H](C)C(=O)NCc3ccc4c(c3)OCO4)n(-c3ccccc3)c(=O)c2c1C. The Labute approximate surface area is 204 Å². The summed E-state index contributed by atoms with van der Waals surface area (Å²) in [4.78, 5) is 33.0. The Bertz CT molecular complexity index is 1450. The monoisotopic (exact) mass is 493 g/mol. The van der Waals surface area contributed by atoms with E-state index in [-0.39, 0.29) is 18.3 Å². The van der Waals surface area contributed by atoms with Gasteiger partial charge in [-0.2, -0.15) is 0 Å². The number of nitrogens with zero attached hydrogens (tertiary/aromatic N) is 2. The first-order valence-electron chi connectivity index (χ1n) is 10.8. The van der Waals surface area contributed by atoms with Crippen molar-refractivity contribution in [2.24, 2.45) is 0 Å². The number of aromatic nitrogens is 2. The van der Waals surface area contributed by atoms with Crippen LogP contribution >= 0.6 is 23.1 Å². The number of hydrogen-bond acceptors (Lipinski definition) is 7. The summed E-state index contributed by atoms with van der Waals surface area (Å²) in [6.07, 6.45) is 0. The minimum atomic E-state index is -0.463. The number of thiophene rings is 1. The van der Waals surface area contributed by atoms with E-state index in [1.165, 1.54) is 23.1 Å². The predicted octanol–water partition coefficient (Wildman–Crippen LogP) is 4.59. The summed E-state index contributed by atoms with van der Waals surface area (Å²) in [6.45, 7) is 6.33. The van der Waals surface area contributed by atoms with Gasteiger partial charge >= 0.3 is 0 Å². The van der Waals surface area contributed by atoms with Crippen LogP contribution in [-0.4, -0.2) is 27.5 Å². The molecule has 1 amide bonds. The van der Waals surface area contributed by atoms with Crippen molar-refractivity contribution in [3.63, 3.8) is 0 Å². The van der Waals surface area contributed by atoms with Gasteiger partial charge in [0, 0.05) is 11.4 Å². The highest BCUT2D eigenvalue weighted by Crippen LogP contribution is 2.33. The highest BCUT2D eigenvalue weighted by atomic mass is 32.2. The highest BCUT2D eigenvalue weighted by molar-refractivity contribution is 8.00. The van der Waals surface area contributed by atoms with Gasteiger partial charge < -0.3 is 14.8 Å². The average Bonchev–Trinajstić information content (AvgIpc) is 3.41. The summed E-state index contributed by atoms with van der Waals surface area (Å²) in [5.74, 6) is 1.24. The maximum Gasteiger partial charge on any atom is 0.267 e. The maximum absolute atomic E-state index is 13.5. The van der Waals surface area contributed by atoms with Crippen molar-refractivity contribution in [2.45, 2.75) is 37.7 Å². The molecule has 7 nitrogen and oxygen atoms in total. The molecule has 0 radical (unpaired) electrons. The maximum atomic E-state index is 13.5. The molecule has 3 heterocycles. The molecule has 0 fully saturated rings. The first-order valence-corrected chi connectivity index (χ1v) is 12.5. The first kappa shape index (κ1) is 22.5. The fraction of sp³-hybridized carbons (Fsp3) is 0.240. The lowest BCUT2D eigenvalue weighted by atomic mass is 10.2. The third kappa shape index (κ3) is 4.17. The molecule has 2 aromatic carbocycles. The molecule has 9 heteroatoms. The van der Waals surface area contributed by atoms with E-state index in [9.17, 15) is 9.59 Å². The molecule has 0 saturated carbocycles. The molecule has 1 aliphatic heterocycles. The quantitative estimate of drug-likeness (QED) is 0.313. The number of nitrogens with one attached hydrogen (secondary N) is 1. The lowest BCUT2D eigenvalue weighted by Gasteiger charge is -2.16. The molecule has 4 aromatic rings. The number of rotatable bonds is 6. The molecule has 1 aliphatic rings. The van der Waals surface area contributed by atoms with Crippen molar-refractivity contribution >= 4 is 39.2 Å². The minimum Gasteiger partial charge on any atom is -0.454 e. The van der Waals surface area contributed by atoms with Gasteiger partial charge in [0.2, 0.25) is 12.7 Å². The standard InChI is InChI=1S/C25H23N3O4S2/c1-14-15(2)33-23-21(14)24(30)28(18-7-5-4-6-8-18)25(27-23)34-16(3)22(29)26-12-17-9-10-19-20(11-17)32-13-31-19/h4-11,16H,12-13H2,1-3H3,(H,26,29)/t16-/m1/s1. The lowest BCUT2D eigenvalue weighted by Crippen LogP contribution is -2.31. The number of thioether (sulfide) groups is 1. The molecule has 0 unspecified atom stereocenters. The van der Waals surface area contributed by atoms with Crippen molar-refractivity contribution in [2.75, 3.05) is 6.79 Å². The summed E-state index contributed by atoms with van der Waals surface area (Å²) in [7, 11) is 0. The van der Waals surface area contributed by atoms with E-state index < -0.39 is 5.25 Å². The summed E-state index contributed by atoms with van der Waals surface area (Å²) in [5.41, 5.74) is 2.47. The predicted molar refractivity (Wildman–Crippen MR) is 134 cm³/mol. The summed E-state index contributed by atoms with van der Waals surface area (Å²) in [5, 5.41) is 3.63. The number of para-hydroxylation sites is 1. The zero-order valence-corrected chi connectivity index (χ0v) is 20.6. The molecule has 1 N–H and O–H groups in total. The number of hydrogen-bond donors (Lipinski definition) is 1. The fourth-order valence-electron chi connectivity index (χ4n) is 3.75. The van der Waals surface area contributed by atoms with E-state index in [2.05, 4.69) is 5.32 Å². The van der Waals surface area contributed by atoms with Gasteiger partial charge in [0.1, 0.15) is 4.83 Å². The largest absolute Gasteiger partial charge is 0.454 e. The van der Waals surface area contributed by atoms with Crippen molar-refractivity contribution < 1.29 is 14.3 Å². The number of amides is 1. The zero-order valence-electron chi connectivity index (χ0n) is 19.0. The molecule has 1 atom stereocenters. The molecular formula is C25H23N3O4S2. The number of fused-ring (bicyclic) bond motifs is 2. The highest BCUT2D eigenvalue weighted by Gasteiger charge is 2.22. The number of ether oxygens (including phenoxy) is 2. The van der Waals surface area contributed by atoms with Gasteiger partial charge in [-0.15, -0.1) is 11.3 Å². The van der Waals surface area contributed by atoms with Crippen molar-refractivity contribution in [3.05, 3.63) is 74.9 Å². The van der Waals surface area contributed by atoms with Crippen LogP contribution in [0.15, 0.2) is 58.5 Å².